The first-order chi connectivity index (χ1) is 9.79. The van der Waals surface area contributed by atoms with Crippen molar-refractivity contribution in [1.82, 2.24) is 19.9 Å². The number of amides is 1. The number of nitrogens with zero attached hydrogens (tertiary/aromatic N) is 3. The van der Waals surface area contributed by atoms with Gasteiger partial charge in [0.25, 0.3) is 18.8 Å². The normalized spacial score (nSPS) is 11.9. The second-order valence-electron chi connectivity index (χ2n) is 4.64. The van der Waals surface area contributed by atoms with Crippen molar-refractivity contribution >= 4 is 11.6 Å². The number of aromatic nitrogens is 3. The van der Waals surface area contributed by atoms with Crippen LogP contribution in [0.4, 0.5) is 17.6 Å². The Bertz CT molecular complexity index is 669. The van der Waals surface area contributed by atoms with E-state index >= 15 is 0 Å². The molecule has 0 aliphatic rings. The molecule has 0 unspecified atom stereocenters. The Balaban J connectivity index is 2.55. The first-order valence-corrected chi connectivity index (χ1v) is 6.07. The van der Waals surface area contributed by atoms with Crippen LogP contribution in [0.15, 0.2) is 12.1 Å². The van der Waals surface area contributed by atoms with E-state index in [4.69, 9.17) is 0 Å². The summed E-state index contributed by atoms with van der Waals surface area (Å²) >= 11 is 0. The molecule has 0 aliphatic heterocycles. The van der Waals surface area contributed by atoms with Crippen LogP contribution in [0.1, 0.15) is 48.6 Å². The van der Waals surface area contributed by atoms with Crippen molar-refractivity contribution in [3.05, 3.63) is 29.2 Å². The predicted molar refractivity (Wildman–Crippen MR) is 65.5 cm³/mol. The number of hydrogen-bond donors (Lipinski definition) is 1. The van der Waals surface area contributed by atoms with E-state index in [-0.39, 0.29) is 17.4 Å². The zero-order valence-electron chi connectivity index (χ0n) is 11.1. The van der Waals surface area contributed by atoms with Crippen molar-refractivity contribution in [3.8, 4) is 0 Å². The Morgan fingerprint density at radius 3 is 2.38 bits per heavy atom. The van der Waals surface area contributed by atoms with Crippen LogP contribution >= 0.6 is 0 Å². The lowest BCUT2D eigenvalue weighted by Crippen LogP contribution is -2.30. The first kappa shape index (κ1) is 15.2. The molecule has 0 atom stereocenters. The maximum atomic E-state index is 12.9. The van der Waals surface area contributed by atoms with Gasteiger partial charge in [-0.15, -0.1) is 0 Å². The molecule has 0 bridgehead atoms. The topological polar surface area (TPSA) is 59.3 Å². The monoisotopic (exact) mass is 304 g/mol. The van der Waals surface area contributed by atoms with Gasteiger partial charge in [-0.05, 0) is 19.9 Å². The van der Waals surface area contributed by atoms with Gasteiger partial charge in [-0.2, -0.15) is 5.10 Å². The van der Waals surface area contributed by atoms with Crippen molar-refractivity contribution in [2.45, 2.75) is 32.7 Å². The van der Waals surface area contributed by atoms with E-state index in [9.17, 15) is 22.4 Å². The van der Waals surface area contributed by atoms with Crippen LogP contribution in [0.3, 0.4) is 0 Å². The molecule has 2 aromatic rings. The fraction of sp³-hybridized carbons (Fsp3) is 0.417. The molecule has 2 heterocycles. The third kappa shape index (κ3) is 3.11. The van der Waals surface area contributed by atoms with Crippen molar-refractivity contribution in [3.63, 3.8) is 0 Å². The molecule has 21 heavy (non-hydrogen) atoms. The fourth-order valence-electron chi connectivity index (χ4n) is 1.73. The van der Waals surface area contributed by atoms with Gasteiger partial charge in [0.15, 0.2) is 11.3 Å². The van der Waals surface area contributed by atoms with E-state index in [0.29, 0.717) is 10.6 Å². The predicted octanol–water partition coefficient (Wildman–Crippen LogP) is 2.74. The van der Waals surface area contributed by atoms with Crippen molar-refractivity contribution in [1.29, 1.82) is 0 Å². The number of halogens is 4. The number of alkyl halides is 4. The summed E-state index contributed by atoms with van der Waals surface area (Å²) in [5.41, 5.74) is -1.91. The van der Waals surface area contributed by atoms with E-state index in [1.807, 2.05) is 0 Å². The molecule has 1 amide bonds. The number of carbonyl (C=O) groups excluding carboxylic acids is 1. The first-order valence-electron chi connectivity index (χ1n) is 6.07. The summed E-state index contributed by atoms with van der Waals surface area (Å²) in [6.45, 7) is 3.43. The Hall–Kier alpha value is -2.19. The number of rotatable bonds is 4. The van der Waals surface area contributed by atoms with Gasteiger partial charge in [0.05, 0.1) is 0 Å². The number of hydrogen-bond acceptors (Lipinski definition) is 3. The molecule has 114 valence electrons. The van der Waals surface area contributed by atoms with E-state index in [1.54, 1.807) is 13.8 Å². The molecule has 5 nitrogen and oxygen atoms in total. The van der Waals surface area contributed by atoms with Crippen LogP contribution < -0.4 is 5.32 Å². The van der Waals surface area contributed by atoms with Gasteiger partial charge in [0, 0.05) is 12.1 Å². The Kier molecular flexibility index (Phi) is 4.10. The van der Waals surface area contributed by atoms with Crippen LogP contribution in [0.5, 0.6) is 0 Å². The van der Waals surface area contributed by atoms with Crippen LogP contribution in [-0.2, 0) is 0 Å². The molecular weight excluding hydrogens is 292 g/mol. The van der Waals surface area contributed by atoms with Gasteiger partial charge in [-0.3, -0.25) is 4.79 Å². The molecule has 0 aliphatic carbocycles. The van der Waals surface area contributed by atoms with Gasteiger partial charge in [-0.25, -0.2) is 27.1 Å². The minimum absolute atomic E-state index is 0.162. The van der Waals surface area contributed by atoms with Crippen molar-refractivity contribution in [2.24, 2.45) is 0 Å². The fourth-order valence-corrected chi connectivity index (χ4v) is 1.73. The van der Waals surface area contributed by atoms with Crippen LogP contribution in [0.25, 0.3) is 5.65 Å². The number of fused-ring (bicyclic) bond motifs is 1. The lowest BCUT2D eigenvalue weighted by molar-refractivity contribution is 0.0936. The van der Waals surface area contributed by atoms with E-state index in [1.165, 1.54) is 0 Å². The second kappa shape index (κ2) is 5.66. The van der Waals surface area contributed by atoms with Crippen LogP contribution in [0.2, 0.25) is 0 Å². The summed E-state index contributed by atoms with van der Waals surface area (Å²) in [6, 6.07) is 1.50. The minimum Gasteiger partial charge on any atom is -0.348 e. The molecule has 9 heteroatoms. The smallest absolute Gasteiger partial charge is 0.280 e. The average molecular weight is 304 g/mol. The maximum absolute atomic E-state index is 12.9. The summed E-state index contributed by atoms with van der Waals surface area (Å²) in [5.74, 6) is -0.589. The zero-order valence-corrected chi connectivity index (χ0v) is 11.1. The van der Waals surface area contributed by atoms with E-state index in [2.05, 4.69) is 15.4 Å². The molecule has 2 rings (SSSR count). The molecule has 0 saturated carbocycles. The largest absolute Gasteiger partial charge is 0.348 e. The standard InChI is InChI=1S/C12H12F4N4O/c1-5(2)17-12(21)7-4-9-18-6(10(13)14)3-8(11(15)16)20(9)19-7/h3-5,10-11H,1-2H3,(H,17,21). The number of carbonyl (C=O) groups is 1. The minimum atomic E-state index is -3.02. The summed E-state index contributed by atoms with van der Waals surface area (Å²) in [7, 11) is 0. The lowest BCUT2D eigenvalue weighted by atomic mass is 10.3. The highest BCUT2D eigenvalue weighted by atomic mass is 19.3. The Morgan fingerprint density at radius 2 is 1.86 bits per heavy atom. The summed E-state index contributed by atoms with van der Waals surface area (Å²) < 4.78 is 51.9. The Morgan fingerprint density at radius 1 is 1.19 bits per heavy atom. The van der Waals surface area contributed by atoms with Gasteiger partial charge in [-0.1, -0.05) is 0 Å². The molecule has 2 aromatic heterocycles. The molecule has 1 N–H and O–H groups in total. The van der Waals surface area contributed by atoms with Gasteiger partial charge < -0.3 is 5.32 Å². The maximum Gasteiger partial charge on any atom is 0.280 e. The highest BCUT2D eigenvalue weighted by molar-refractivity contribution is 5.93. The molecule has 0 aromatic carbocycles. The highest BCUT2D eigenvalue weighted by Gasteiger charge is 2.22. The van der Waals surface area contributed by atoms with Crippen molar-refractivity contribution < 1.29 is 22.4 Å². The molecular formula is C12H12F4N4O. The second-order valence-corrected chi connectivity index (χ2v) is 4.64. The molecule has 0 fully saturated rings. The molecule has 0 radical (unpaired) electrons. The highest BCUT2D eigenvalue weighted by Crippen LogP contribution is 2.25. The van der Waals surface area contributed by atoms with Crippen molar-refractivity contribution in [2.75, 3.05) is 0 Å². The molecule has 0 spiro atoms. The van der Waals surface area contributed by atoms with Gasteiger partial charge >= 0.3 is 0 Å². The van der Waals surface area contributed by atoms with Gasteiger partial charge in [0.2, 0.25) is 0 Å². The molecule has 0 saturated heterocycles. The summed E-state index contributed by atoms with van der Waals surface area (Å²) in [4.78, 5) is 15.3. The van der Waals surface area contributed by atoms with Gasteiger partial charge in [0.1, 0.15) is 11.4 Å². The zero-order chi connectivity index (χ0) is 15.7. The quantitative estimate of drug-likeness (QED) is 0.884. The third-order valence-corrected chi connectivity index (χ3v) is 2.57. The van der Waals surface area contributed by atoms with Crippen LogP contribution in [-0.4, -0.2) is 26.5 Å². The summed E-state index contributed by atoms with van der Waals surface area (Å²) in [5, 5.41) is 6.23. The lowest BCUT2D eigenvalue weighted by Gasteiger charge is -2.06. The SMILES string of the molecule is CC(C)NC(=O)c1cc2nc(C(F)F)cc(C(F)F)n2n1. The Labute approximate surface area is 117 Å². The summed E-state index contributed by atoms with van der Waals surface area (Å²) in [6.07, 6.45) is -6.01. The number of nitrogens with one attached hydrogen (secondary N) is 1. The van der Waals surface area contributed by atoms with Crippen LogP contribution in [0, 0.1) is 0 Å². The van der Waals surface area contributed by atoms with E-state index < -0.39 is 30.1 Å². The average Bonchev–Trinajstić information content (AvgIpc) is 2.79. The third-order valence-electron chi connectivity index (χ3n) is 2.57. The van der Waals surface area contributed by atoms with E-state index in [0.717, 1.165) is 6.07 Å².